The summed E-state index contributed by atoms with van der Waals surface area (Å²) < 4.78 is 5.51. The highest BCUT2D eigenvalue weighted by molar-refractivity contribution is 6.27. The topological polar surface area (TPSA) is 147 Å². The van der Waals surface area contributed by atoms with Gasteiger partial charge in [-0.2, -0.15) is 0 Å². The Bertz CT molecular complexity index is 765. The number of Topliss-reactive ketones (excluding diaryl/α,β-unsaturated/α-hetero) is 1. The summed E-state index contributed by atoms with van der Waals surface area (Å²) in [6.07, 6.45) is 0.385. The molecule has 0 aliphatic rings. The van der Waals surface area contributed by atoms with E-state index in [0.717, 1.165) is 5.56 Å². The normalized spacial score (nSPS) is 10.9. The summed E-state index contributed by atoms with van der Waals surface area (Å²) in [5.74, 6) is -3.13. The molecule has 8 heteroatoms. The highest BCUT2D eigenvalue weighted by Crippen LogP contribution is 2.20. The van der Waals surface area contributed by atoms with Crippen LogP contribution in [0.3, 0.4) is 0 Å². The molecule has 5 N–H and O–H groups in total. The maximum absolute atomic E-state index is 12.4. The summed E-state index contributed by atoms with van der Waals surface area (Å²) in [4.78, 5) is 30.6. The van der Waals surface area contributed by atoms with E-state index in [1.165, 1.54) is 0 Å². The minimum absolute atomic E-state index is 0.0293. The summed E-state index contributed by atoms with van der Waals surface area (Å²) in [5, 5.41) is 24.2. The number of aliphatic carboxylic acids is 2. The first-order valence-corrected chi connectivity index (χ1v) is 8.48. The minimum Gasteiger partial charge on any atom is -0.490 e. The number of benzene rings is 2. The Balaban J connectivity index is 0.000000568. The van der Waals surface area contributed by atoms with Gasteiger partial charge in [0.1, 0.15) is 18.5 Å². The molecule has 0 saturated carbocycles. The number of hydrogen-bond donors (Lipinski definition) is 4. The molecule has 0 aliphatic carbocycles. The third kappa shape index (κ3) is 8.43. The molecule has 2 aromatic carbocycles. The largest absolute Gasteiger partial charge is 0.490 e. The van der Waals surface area contributed by atoms with Crippen molar-refractivity contribution in [3.63, 3.8) is 0 Å². The van der Waals surface area contributed by atoms with E-state index in [0.29, 0.717) is 24.2 Å². The zero-order valence-electron chi connectivity index (χ0n) is 15.2. The van der Waals surface area contributed by atoms with Gasteiger partial charge in [-0.15, -0.1) is 0 Å². The van der Waals surface area contributed by atoms with Gasteiger partial charge in [0.2, 0.25) is 0 Å². The van der Waals surface area contributed by atoms with E-state index in [1.54, 1.807) is 18.2 Å². The molecule has 0 fully saturated rings. The van der Waals surface area contributed by atoms with Crippen LogP contribution in [-0.4, -0.2) is 52.3 Å². The van der Waals surface area contributed by atoms with Gasteiger partial charge in [-0.3, -0.25) is 4.79 Å². The number of para-hydroxylation sites is 1. The van der Waals surface area contributed by atoms with Crippen LogP contribution >= 0.6 is 0 Å². The minimum atomic E-state index is -1.82. The Morgan fingerprint density at radius 1 is 0.929 bits per heavy atom. The first-order chi connectivity index (χ1) is 13.3. The zero-order chi connectivity index (χ0) is 20.9. The standard InChI is InChI=1S/C18H21NO3.C2H2O4/c19-12-15(20)13-22-18-9-5-4-8-16(18)17(21)11-10-14-6-2-1-3-7-14;3-1(4)2(5)6/h1-9,15,20H,10-13,19H2;(H,3,4)(H,5,6). The fourth-order valence-corrected chi connectivity index (χ4v) is 2.11. The number of aryl methyl sites for hydroxylation is 1. The van der Waals surface area contributed by atoms with E-state index in [-0.39, 0.29) is 18.9 Å². The van der Waals surface area contributed by atoms with E-state index in [4.69, 9.17) is 30.3 Å². The molecule has 2 rings (SSSR count). The Labute approximate surface area is 162 Å². The third-order valence-corrected chi connectivity index (χ3v) is 3.56. The van der Waals surface area contributed by atoms with Crippen LogP contribution in [-0.2, 0) is 16.0 Å². The molecule has 0 radical (unpaired) electrons. The van der Waals surface area contributed by atoms with Gasteiger partial charge in [0.15, 0.2) is 5.78 Å². The number of ketones is 1. The summed E-state index contributed by atoms with van der Waals surface area (Å²) in [6.45, 7) is 0.212. The average molecular weight is 389 g/mol. The highest BCUT2D eigenvalue weighted by atomic mass is 16.5. The molecule has 1 unspecified atom stereocenters. The number of nitrogens with two attached hydrogens (primary N) is 1. The molecular formula is C20H23NO7. The van der Waals surface area contributed by atoms with Gasteiger partial charge >= 0.3 is 11.9 Å². The van der Waals surface area contributed by atoms with Crippen LogP contribution in [0.2, 0.25) is 0 Å². The molecule has 0 spiro atoms. The van der Waals surface area contributed by atoms with Gasteiger partial charge in [0.25, 0.3) is 0 Å². The van der Waals surface area contributed by atoms with E-state index in [2.05, 4.69) is 0 Å². The molecule has 0 aromatic heterocycles. The molecule has 0 saturated heterocycles. The molecule has 0 bridgehead atoms. The van der Waals surface area contributed by atoms with Gasteiger partial charge in [-0.1, -0.05) is 42.5 Å². The van der Waals surface area contributed by atoms with Crippen LogP contribution in [0.4, 0.5) is 0 Å². The van der Waals surface area contributed by atoms with Crippen LogP contribution in [0.15, 0.2) is 54.6 Å². The lowest BCUT2D eigenvalue weighted by atomic mass is 10.0. The van der Waals surface area contributed by atoms with Crippen molar-refractivity contribution in [2.45, 2.75) is 18.9 Å². The molecule has 0 aliphatic heterocycles. The summed E-state index contributed by atoms with van der Waals surface area (Å²) >= 11 is 0. The van der Waals surface area contributed by atoms with Crippen LogP contribution in [0, 0.1) is 0 Å². The summed E-state index contributed by atoms with van der Waals surface area (Å²) in [7, 11) is 0. The molecule has 150 valence electrons. The quantitative estimate of drug-likeness (QED) is 0.391. The zero-order valence-corrected chi connectivity index (χ0v) is 15.2. The van der Waals surface area contributed by atoms with Gasteiger partial charge < -0.3 is 25.8 Å². The number of rotatable bonds is 8. The fraction of sp³-hybridized carbons (Fsp3) is 0.250. The molecule has 0 amide bonds. The van der Waals surface area contributed by atoms with Gasteiger partial charge in [-0.25, -0.2) is 9.59 Å². The van der Waals surface area contributed by atoms with Crippen molar-refractivity contribution < 1.29 is 34.4 Å². The Morgan fingerprint density at radius 2 is 1.50 bits per heavy atom. The van der Waals surface area contributed by atoms with Gasteiger partial charge in [-0.05, 0) is 24.1 Å². The number of carbonyl (C=O) groups is 3. The highest BCUT2D eigenvalue weighted by Gasteiger charge is 2.13. The van der Waals surface area contributed by atoms with Crippen LogP contribution in [0.25, 0.3) is 0 Å². The van der Waals surface area contributed by atoms with Crippen molar-refractivity contribution in [2.75, 3.05) is 13.2 Å². The summed E-state index contributed by atoms with van der Waals surface area (Å²) in [5.41, 5.74) is 7.03. The van der Waals surface area contributed by atoms with Crippen molar-refractivity contribution in [1.29, 1.82) is 0 Å². The van der Waals surface area contributed by atoms with Crippen molar-refractivity contribution >= 4 is 17.7 Å². The molecule has 0 heterocycles. The van der Waals surface area contributed by atoms with Crippen LogP contribution in [0.1, 0.15) is 22.3 Å². The van der Waals surface area contributed by atoms with Crippen LogP contribution in [0.5, 0.6) is 5.75 Å². The first-order valence-electron chi connectivity index (χ1n) is 8.48. The second-order valence-electron chi connectivity index (χ2n) is 5.72. The number of carboxylic acid groups (broad SMARTS) is 2. The molecule has 28 heavy (non-hydrogen) atoms. The number of aliphatic hydroxyl groups is 1. The smallest absolute Gasteiger partial charge is 0.414 e. The Kier molecular flexibility index (Phi) is 9.95. The number of aliphatic hydroxyl groups excluding tert-OH is 1. The Morgan fingerprint density at radius 3 is 2.07 bits per heavy atom. The lowest BCUT2D eigenvalue weighted by Gasteiger charge is -2.13. The van der Waals surface area contributed by atoms with Crippen molar-refractivity contribution in [2.24, 2.45) is 5.73 Å². The molecule has 2 aromatic rings. The Hall–Kier alpha value is -3.23. The molecular weight excluding hydrogens is 366 g/mol. The molecule has 8 nitrogen and oxygen atoms in total. The van der Waals surface area contributed by atoms with E-state index in [1.807, 2.05) is 36.4 Å². The SMILES string of the molecule is NCC(O)COc1ccccc1C(=O)CCc1ccccc1.O=C(O)C(=O)O. The number of carbonyl (C=O) groups excluding carboxylic acids is 1. The lowest BCUT2D eigenvalue weighted by Crippen LogP contribution is -2.27. The van der Waals surface area contributed by atoms with Crippen molar-refractivity contribution in [3.05, 3.63) is 65.7 Å². The first kappa shape index (κ1) is 22.8. The number of ether oxygens (including phenoxy) is 1. The number of carboxylic acids is 2. The maximum atomic E-state index is 12.4. The fourth-order valence-electron chi connectivity index (χ4n) is 2.11. The molecule has 1 atom stereocenters. The van der Waals surface area contributed by atoms with E-state index < -0.39 is 18.0 Å². The second kappa shape index (κ2) is 12.2. The average Bonchev–Trinajstić information content (AvgIpc) is 2.71. The maximum Gasteiger partial charge on any atom is 0.414 e. The van der Waals surface area contributed by atoms with Gasteiger partial charge in [0, 0.05) is 13.0 Å². The summed E-state index contributed by atoms with van der Waals surface area (Å²) in [6, 6.07) is 17.0. The third-order valence-electron chi connectivity index (χ3n) is 3.56. The van der Waals surface area contributed by atoms with E-state index in [9.17, 15) is 9.90 Å². The van der Waals surface area contributed by atoms with Gasteiger partial charge in [0.05, 0.1) is 5.56 Å². The van der Waals surface area contributed by atoms with Crippen molar-refractivity contribution in [3.8, 4) is 5.75 Å². The monoisotopic (exact) mass is 389 g/mol. The second-order valence-corrected chi connectivity index (χ2v) is 5.72. The van der Waals surface area contributed by atoms with Crippen molar-refractivity contribution in [1.82, 2.24) is 0 Å². The lowest BCUT2D eigenvalue weighted by molar-refractivity contribution is -0.159. The number of hydrogen-bond acceptors (Lipinski definition) is 6. The predicted molar refractivity (Wildman–Crippen MR) is 101 cm³/mol. The van der Waals surface area contributed by atoms with Crippen LogP contribution < -0.4 is 10.5 Å². The predicted octanol–water partition coefficient (Wildman–Crippen LogP) is 1.36. The van der Waals surface area contributed by atoms with E-state index >= 15 is 0 Å².